The predicted molar refractivity (Wildman–Crippen MR) is 101 cm³/mol. The first-order valence-corrected chi connectivity index (χ1v) is 9.43. The predicted octanol–water partition coefficient (Wildman–Crippen LogP) is -0.0410. The second kappa shape index (κ2) is 11.2. The van der Waals surface area contributed by atoms with E-state index in [-0.39, 0.29) is 49.1 Å². The van der Waals surface area contributed by atoms with Crippen molar-refractivity contribution < 1.29 is 42.9 Å². The maximum atomic E-state index is 12.7. The number of halogens is 2. The molecular formula is C19H23F2N3O7. The molecule has 12 heteroatoms. The van der Waals surface area contributed by atoms with E-state index >= 15 is 0 Å². The zero-order chi connectivity index (χ0) is 23.0. The van der Waals surface area contributed by atoms with Crippen LogP contribution in [0, 0.1) is 0 Å². The van der Waals surface area contributed by atoms with Crippen LogP contribution in [0.15, 0.2) is 24.3 Å². The van der Waals surface area contributed by atoms with E-state index in [1.165, 1.54) is 29.2 Å². The number of aliphatic hydroxyl groups excluding tert-OH is 1. The van der Waals surface area contributed by atoms with Gasteiger partial charge in [-0.15, -0.1) is 0 Å². The summed E-state index contributed by atoms with van der Waals surface area (Å²) in [6.45, 7) is -2.91. The largest absolute Gasteiger partial charge is 0.483 e. The highest BCUT2D eigenvalue weighted by Gasteiger charge is 2.33. The summed E-state index contributed by atoms with van der Waals surface area (Å²) in [6, 6.07) is 4.20. The zero-order valence-electron chi connectivity index (χ0n) is 16.4. The van der Waals surface area contributed by atoms with Gasteiger partial charge in [-0.2, -0.15) is 8.78 Å². The summed E-state index contributed by atoms with van der Waals surface area (Å²) in [5.41, 5.74) is 0.254. The molecule has 170 valence electrons. The number of piperidine rings is 1. The van der Waals surface area contributed by atoms with E-state index in [2.05, 4.69) is 15.4 Å². The average Bonchev–Trinajstić information content (AvgIpc) is 3.14. The van der Waals surface area contributed by atoms with Crippen molar-refractivity contribution in [3.8, 4) is 5.75 Å². The number of hydrogen-bond donors (Lipinski definition) is 4. The summed E-state index contributed by atoms with van der Waals surface area (Å²) in [7, 11) is 0. The van der Waals surface area contributed by atoms with Gasteiger partial charge in [0.25, 0.3) is 12.4 Å². The lowest BCUT2D eigenvalue weighted by molar-refractivity contribution is -0.126. The van der Waals surface area contributed by atoms with Crippen LogP contribution in [0.25, 0.3) is 0 Å². The fraction of sp³-hybridized carbons (Fsp3) is 0.474. The van der Waals surface area contributed by atoms with Gasteiger partial charge >= 0.3 is 6.61 Å². The van der Waals surface area contributed by atoms with Crippen LogP contribution in [0.4, 0.5) is 8.78 Å². The van der Waals surface area contributed by atoms with Crippen molar-refractivity contribution in [3.63, 3.8) is 0 Å². The molecule has 0 saturated carbocycles. The Balaban J connectivity index is 0.00000107. The van der Waals surface area contributed by atoms with Gasteiger partial charge in [0.1, 0.15) is 11.8 Å². The van der Waals surface area contributed by atoms with Crippen molar-refractivity contribution in [1.82, 2.24) is 15.5 Å². The van der Waals surface area contributed by atoms with E-state index in [1.807, 2.05) is 0 Å². The van der Waals surface area contributed by atoms with Gasteiger partial charge in [0.15, 0.2) is 0 Å². The molecule has 2 fully saturated rings. The third-order valence-electron chi connectivity index (χ3n) is 4.70. The summed E-state index contributed by atoms with van der Waals surface area (Å²) in [4.78, 5) is 45.9. The number of carbonyl (C=O) groups is 4. The summed E-state index contributed by atoms with van der Waals surface area (Å²) < 4.78 is 28.7. The Morgan fingerprint density at radius 3 is 2.45 bits per heavy atom. The Labute approximate surface area is 176 Å². The first-order valence-electron chi connectivity index (χ1n) is 9.43. The van der Waals surface area contributed by atoms with Crippen LogP contribution < -0.4 is 15.4 Å². The second-order valence-electron chi connectivity index (χ2n) is 6.97. The number of amides is 3. The van der Waals surface area contributed by atoms with Crippen molar-refractivity contribution in [2.75, 3.05) is 13.1 Å². The van der Waals surface area contributed by atoms with Crippen LogP contribution in [0.5, 0.6) is 5.75 Å². The van der Waals surface area contributed by atoms with Crippen molar-refractivity contribution in [2.45, 2.75) is 44.1 Å². The van der Waals surface area contributed by atoms with Gasteiger partial charge in [-0.1, -0.05) is 0 Å². The van der Waals surface area contributed by atoms with Gasteiger partial charge in [0.05, 0.1) is 6.10 Å². The monoisotopic (exact) mass is 443 g/mol. The Kier molecular flexibility index (Phi) is 8.67. The van der Waals surface area contributed by atoms with Crippen molar-refractivity contribution in [2.24, 2.45) is 0 Å². The summed E-state index contributed by atoms with van der Waals surface area (Å²) >= 11 is 0. The highest BCUT2D eigenvalue weighted by molar-refractivity contribution is 5.94. The lowest BCUT2D eigenvalue weighted by Crippen LogP contribution is -2.56. The Bertz CT molecular complexity index is 791. The van der Waals surface area contributed by atoms with E-state index in [0.29, 0.717) is 12.8 Å². The number of alkyl halides is 2. The first kappa shape index (κ1) is 24.0. The lowest BCUT2D eigenvalue weighted by atomic mass is 10.0. The number of hydrogen-bond acceptors (Lipinski definition) is 6. The molecule has 1 aromatic carbocycles. The van der Waals surface area contributed by atoms with Crippen LogP contribution in [0.2, 0.25) is 0 Å². The summed E-state index contributed by atoms with van der Waals surface area (Å²) in [6.07, 6.45) is 0.177. The van der Waals surface area contributed by atoms with Crippen LogP contribution in [-0.2, 0) is 14.4 Å². The molecule has 10 nitrogen and oxygen atoms in total. The number of nitrogens with zero attached hydrogens (tertiary/aromatic N) is 1. The molecule has 0 aromatic heterocycles. The number of β-amino-alcohol motifs (C(OH)–C–C–N with tert-alkyl or cyclic N) is 1. The highest BCUT2D eigenvalue weighted by Crippen LogP contribution is 2.19. The number of likely N-dealkylation sites (tertiary alicyclic amines) is 1. The number of ether oxygens (including phenoxy) is 1. The number of aliphatic hydroxyl groups is 1. The first-order chi connectivity index (χ1) is 14.7. The molecule has 3 rings (SSSR count). The van der Waals surface area contributed by atoms with E-state index in [0.717, 1.165) is 0 Å². The summed E-state index contributed by atoms with van der Waals surface area (Å²) in [5, 5.41) is 22.3. The topological polar surface area (TPSA) is 145 Å². The van der Waals surface area contributed by atoms with E-state index in [9.17, 15) is 28.3 Å². The highest BCUT2D eigenvalue weighted by atomic mass is 19.3. The van der Waals surface area contributed by atoms with E-state index in [1.54, 1.807) is 0 Å². The molecule has 31 heavy (non-hydrogen) atoms. The quantitative estimate of drug-likeness (QED) is 0.467. The molecule has 3 amide bonds. The number of carboxylic acid groups (broad SMARTS) is 1. The number of nitrogens with one attached hydrogen (secondary N) is 2. The second-order valence-corrected chi connectivity index (χ2v) is 6.97. The molecule has 3 atom stereocenters. The smallest absolute Gasteiger partial charge is 0.387 e. The molecule has 4 N–H and O–H groups in total. The van der Waals surface area contributed by atoms with Gasteiger partial charge < -0.3 is 30.5 Å². The standard InChI is InChI=1S/C18H21F2N3O5.CH2O2/c19-18(20)28-13-3-1-10(2-4-13)17(27)23-8-11(7-12(24)9-23)21-16(26)14-5-6-15(25)22-14;2-1-3/h1-4,11-12,14,18,24H,5-9H2,(H,21,26)(H,22,25);1H,(H,2,3)/t11-,12+,14-;/m0./s1. The SMILES string of the molecule is O=C1CC[C@@H](C(=O)N[C@H]2C[C@@H](O)CN(C(=O)c3ccc(OC(F)F)cc3)C2)N1.O=CO. The van der Waals surface area contributed by atoms with Gasteiger partial charge in [-0.3, -0.25) is 19.2 Å². The molecule has 0 aliphatic carbocycles. The van der Waals surface area contributed by atoms with Crippen molar-refractivity contribution in [3.05, 3.63) is 29.8 Å². The van der Waals surface area contributed by atoms with Crippen LogP contribution in [-0.4, -0.2) is 77.2 Å². The zero-order valence-corrected chi connectivity index (χ0v) is 16.4. The average molecular weight is 443 g/mol. The van der Waals surface area contributed by atoms with Crippen LogP contribution >= 0.6 is 0 Å². The Morgan fingerprint density at radius 1 is 1.26 bits per heavy atom. The van der Waals surface area contributed by atoms with Crippen molar-refractivity contribution in [1.29, 1.82) is 0 Å². The molecule has 2 heterocycles. The normalized spacial score (nSPS) is 22.8. The summed E-state index contributed by atoms with van der Waals surface area (Å²) in [5.74, 6) is -0.976. The maximum Gasteiger partial charge on any atom is 0.387 e. The third-order valence-corrected chi connectivity index (χ3v) is 4.70. The molecule has 0 radical (unpaired) electrons. The molecular weight excluding hydrogens is 420 g/mol. The molecule has 2 aliphatic rings. The van der Waals surface area contributed by atoms with Gasteiger partial charge in [-0.25, -0.2) is 0 Å². The maximum absolute atomic E-state index is 12.7. The molecule has 2 saturated heterocycles. The van der Waals surface area contributed by atoms with E-state index < -0.39 is 30.7 Å². The lowest BCUT2D eigenvalue weighted by Gasteiger charge is -2.36. The van der Waals surface area contributed by atoms with Crippen LogP contribution in [0.3, 0.4) is 0 Å². The van der Waals surface area contributed by atoms with Gasteiger partial charge in [0.2, 0.25) is 11.8 Å². The Morgan fingerprint density at radius 2 is 1.90 bits per heavy atom. The molecule has 0 unspecified atom stereocenters. The minimum Gasteiger partial charge on any atom is -0.483 e. The molecule has 0 bridgehead atoms. The van der Waals surface area contributed by atoms with E-state index in [4.69, 9.17) is 9.90 Å². The molecule has 1 aromatic rings. The molecule has 2 aliphatic heterocycles. The number of benzene rings is 1. The van der Waals surface area contributed by atoms with Crippen LogP contribution in [0.1, 0.15) is 29.6 Å². The van der Waals surface area contributed by atoms with Gasteiger partial charge in [0, 0.05) is 31.1 Å². The fourth-order valence-electron chi connectivity index (χ4n) is 3.42. The minimum absolute atomic E-state index is 0.0611. The molecule has 0 spiro atoms. The number of rotatable bonds is 5. The Hall–Kier alpha value is -3.28. The number of carbonyl (C=O) groups excluding carboxylic acids is 3. The van der Waals surface area contributed by atoms with Crippen molar-refractivity contribution >= 4 is 24.2 Å². The third kappa shape index (κ3) is 7.17. The fourth-order valence-corrected chi connectivity index (χ4v) is 3.42. The van der Waals surface area contributed by atoms with Gasteiger partial charge in [-0.05, 0) is 37.1 Å². The minimum atomic E-state index is -2.95.